The molecule has 116 valence electrons. The van der Waals surface area contributed by atoms with Gasteiger partial charge in [-0.3, -0.25) is 4.79 Å². The van der Waals surface area contributed by atoms with E-state index in [1.165, 1.54) is 12.7 Å². The maximum atomic E-state index is 12.6. The second-order valence-electron chi connectivity index (χ2n) is 6.14. The highest BCUT2D eigenvalue weighted by atomic mass is 16.2. The third-order valence-electron chi connectivity index (χ3n) is 4.24. The predicted molar refractivity (Wildman–Crippen MR) is 87.6 cm³/mol. The molecule has 2 aromatic rings. The van der Waals surface area contributed by atoms with Gasteiger partial charge in [-0.2, -0.15) is 0 Å². The zero-order valence-electron chi connectivity index (χ0n) is 13.1. The molecule has 1 saturated heterocycles. The molecule has 22 heavy (non-hydrogen) atoms. The van der Waals surface area contributed by atoms with Gasteiger partial charge in [0.1, 0.15) is 18.2 Å². The second-order valence-corrected chi connectivity index (χ2v) is 6.14. The van der Waals surface area contributed by atoms with Gasteiger partial charge in [-0.1, -0.05) is 19.1 Å². The highest BCUT2D eigenvalue weighted by Crippen LogP contribution is 2.21. The van der Waals surface area contributed by atoms with E-state index in [2.05, 4.69) is 22.2 Å². The molecule has 2 atom stereocenters. The molecule has 0 spiro atoms. The number of carbonyl (C=O) groups excluding carboxylic acids is 1. The van der Waals surface area contributed by atoms with Crippen LogP contribution in [0.15, 0.2) is 30.6 Å². The van der Waals surface area contributed by atoms with Gasteiger partial charge in [-0.15, -0.1) is 0 Å². The van der Waals surface area contributed by atoms with Crippen LogP contribution in [-0.4, -0.2) is 39.9 Å². The molecule has 0 aliphatic carbocycles. The van der Waals surface area contributed by atoms with Crippen molar-refractivity contribution in [3.63, 3.8) is 0 Å². The lowest BCUT2D eigenvalue weighted by molar-refractivity contribution is -0.133. The minimum atomic E-state index is -0.288. The van der Waals surface area contributed by atoms with E-state index in [1.807, 2.05) is 36.1 Å². The van der Waals surface area contributed by atoms with E-state index in [1.54, 1.807) is 0 Å². The number of hydrogen-bond donors (Lipinski definition) is 1. The molecule has 5 nitrogen and oxygen atoms in total. The Bertz CT molecular complexity index is 667. The smallest absolute Gasteiger partial charge is 0.244 e. The average molecular weight is 298 g/mol. The molecule has 1 aromatic carbocycles. The lowest BCUT2D eigenvalue weighted by Crippen LogP contribution is -2.46. The van der Waals surface area contributed by atoms with E-state index >= 15 is 0 Å². The first-order chi connectivity index (χ1) is 10.6. The van der Waals surface area contributed by atoms with Crippen LogP contribution in [0, 0.1) is 5.92 Å². The van der Waals surface area contributed by atoms with Crippen LogP contribution in [0.1, 0.15) is 26.7 Å². The first kappa shape index (κ1) is 14.8. The third kappa shape index (κ3) is 3.03. The highest BCUT2D eigenvalue weighted by Gasteiger charge is 2.25. The van der Waals surface area contributed by atoms with Crippen molar-refractivity contribution in [2.45, 2.75) is 32.7 Å². The van der Waals surface area contributed by atoms with Crippen molar-refractivity contribution < 1.29 is 4.79 Å². The molecule has 0 saturated carbocycles. The molecule has 0 radical (unpaired) electrons. The number of nitrogens with one attached hydrogen (secondary N) is 1. The van der Waals surface area contributed by atoms with Crippen molar-refractivity contribution in [1.82, 2.24) is 14.9 Å². The number of likely N-dealkylation sites (tertiary alicyclic amines) is 1. The summed E-state index contributed by atoms with van der Waals surface area (Å²) in [6.45, 7) is 5.82. The summed E-state index contributed by atoms with van der Waals surface area (Å²) < 4.78 is 0. The van der Waals surface area contributed by atoms with Crippen LogP contribution < -0.4 is 5.32 Å². The van der Waals surface area contributed by atoms with Crippen LogP contribution in [0.5, 0.6) is 0 Å². The number of hydrogen-bond acceptors (Lipinski definition) is 4. The minimum Gasteiger partial charge on any atom is -0.358 e. The molecular formula is C17H22N4O. The number of anilines is 1. The van der Waals surface area contributed by atoms with Crippen LogP contribution in [0.25, 0.3) is 10.9 Å². The van der Waals surface area contributed by atoms with Crippen molar-refractivity contribution in [3.05, 3.63) is 30.6 Å². The summed E-state index contributed by atoms with van der Waals surface area (Å²) in [5.41, 5.74) is 0.881. The molecule has 1 fully saturated rings. The largest absolute Gasteiger partial charge is 0.358 e. The van der Waals surface area contributed by atoms with Crippen molar-refractivity contribution in [2.24, 2.45) is 5.92 Å². The topological polar surface area (TPSA) is 58.1 Å². The maximum absolute atomic E-state index is 12.6. The molecule has 2 heterocycles. The van der Waals surface area contributed by atoms with Crippen LogP contribution in [0.3, 0.4) is 0 Å². The van der Waals surface area contributed by atoms with Gasteiger partial charge in [-0.25, -0.2) is 9.97 Å². The Balaban J connectivity index is 1.75. The Labute approximate surface area is 130 Å². The minimum absolute atomic E-state index is 0.147. The number of carbonyl (C=O) groups is 1. The number of nitrogens with zero attached hydrogens (tertiary/aromatic N) is 3. The van der Waals surface area contributed by atoms with Crippen LogP contribution in [0.4, 0.5) is 5.82 Å². The number of amides is 1. The Morgan fingerprint density at radius 1 is 1.36 bits per heavy atom. The Morgan fingerprint density at radius 2 is 2.18 bits per heavy atom. The summed E-state index contributed by atoms with van der Waals surface area (Å²) in [5, 5.41) is 4.20. The molecular weight excluding hydrogens is 276 g/mol. The van der Waals surface area contributed by atoms with E-state index in [0.29, 0.717) is 5.92 Å². The van der Waals surface area contributed by atoms with Gasteiger partial charge in [0.05, 0.1) is 5.52 Å². The zero-order chi connectivity index (χ0) is 15.5. The summed E-state index contributed by atoms with van der Waals surface area (Å²) in [7, 11) is 0. The van der Waals surface area contributed by atoms with Crippen molar-refractivity contribution in [2.75, 3.05) is 18.4 Å². The summed E-state index contributed by atoms with van der Waals surface area (Å²) in [6.07, 6.45) is 3.84. The van der Waals surface area contributed by atoms with Crippen LogP contribution in [-0.2, 0) is 4.79 Å². The molecule has 3 rings (SSSR count). The molecule has 1 amide bonds. The first-order valence-electron chi connectivity index (χ1n) is 7.90. The Morgan fingerprint density at radius 3 is 3.00 bits per heavy atom. The van der Waals surface area contributed by atoms with Gasteiger partial charge in [0.25, 0.3) is 0 Å². The van der Waals surface area contributed by atoms with E-state index in [9.17, 15) is 4.79 Å². The van der Waals surface area contributed by atoms with Crippen molar-refractivity contribution in [1.29, 1.82) is 0 Å². The molecule has 5 heteroatoms. The van der Waals surface area contributed by atoms with Gasteiger partial charge in [-0.05, 0) is 37.8 Å². The van der Waals surface area contributed by atoms with Gasteiger partial charge in [0, 0.05) is 18.5 Å². The van der Waals surface area contributed by atoms with E-state index in [4.69, 9.17) is 0 Å². The van der Waals surface area contributed by atoms with Crippen molar-refractivity contribution >= 4 is 22.6 Å². The second kappa shape index (κ2) is 6.30. The zero-order valence-corrected chi connectivity index (χ0v) is 13.1. The molecule has 1 aromatic heterocycles. The lowest BCUT2D eigenvalue weighted by Gasteiger charge is -2.33. The van der Waals surface area contributed by atoms with Crippen LogP contribution in [0.2, 0.25) is 0 Å². The van der Waals surface area contributed by atoms with Crippen molar-refractivity contribution in [3.8, 4) is 0 Å². The quantitative estimate of drug-likeness (QED) is 0.946. The van der Waals surface area contributed by atoms with E-state index in [-0.39, 0.29) is 11.9 Å². The standard InChI is InChI=1S/C17H22N4O/c1-12-6-5-9-21(10-12)17(22)13(2)20-16-14-7-3-4-8-15(14)18-11-19-16/h3-4,7-8,11-13H,5-6,9-10H2,1-2H3,(H,18,19,20). The van der Waals surface area contributed by atoms with Crippen LogP contribution >= 0.6 is 0 Å². The summed E-state index contributed by atoms with van der Waals surface area (Å²) >= 11 is 0. The Kier molecular flexibility index (Phi) is 4.22. The molecule has 0 bridgehead atoms. The number of para-hydroxylation sites is 1. The van der Waals surface area contributed by atoms with Gasteiger partial charge < -0.3 is 10.2 Å². The monoisotopic (exact) mass is 298 g/mol. The normalized spacial score (nSPS) is 19.9. The highest BCUT2D eigenvalue weighted by molar-refractivity contribution is 5.91. The fourth-order valence-electron chi connectivity index (χ4n) is 3.05. The number of rotatable bonds is 3. The SMILES string of the molecule is CC1CCCN(C(=O)C(C)Nc2ncnc3ccccc23)C1. The fourth-order valence-corrected chi connectivity index (χ4v) is 3.05. The number of fused-ring (bicyclic) bond motifs is 1. The van der Waals surface area contributed by atoms with E-state index < -0.39 is 0 Å². The van der Waals surface area contributed by atoms with Gasteiger partial charge in [0.15, 0.2) is 0 Å². The molecule has 1 aliphatic heterocycles. The average Bonchev–Trinajstić information content (AvgIpc) is 2.54. The maximum Gasteiger partial charge on any atom is 0.244 e. The molecule has 1 aliphatic rings. The summed E-state index contributed by atoms with van der Waals surface area (Å²) in [4.78, 5) is 23.1. The molecule has 2 unspecified atom stereocenters. The van der Waals surface area contributed by atoms with Gasteiger partial charge >= 0.3 is 0 Å². The fraction of sp³-hybridized carbons (Fsp3) is 0.471. The molecule has 1 N–H and O–H groups in total. The van der Waals surface area contributed by atoms with E-state index in [0.717, 1.165) is 36.2 Å². The first-order valence-corrected chi connectivity index (χ1v) is 7.90. The Hall–Kier alpha value is -2.17. The third-order valence-corrected chi connectivity index (χ3v) is 4.24. The lowest BCUT2D eigenvalue weighted by atomic mass is 10.00. The van der Waals surface area contributed by atoms with Gasteiger partial charge in [0.2, 0.25) is 5.91 Å². The predicted octanol–water partition coefficient (Wildman–Crippen LogP) is 2.69. The number of piperidine rings is 1. The number of benzene rings is 1. The number of aromatic nitrogens is 2. The summed E-state index contributed by atoms with van der Waals surface area (Å²) in [5.74, 6) is 1.45. The summed E-state index contributed by atoms with van der Waals surface area (Å²) in [6, 6.07) is 7.53.